The molecule has 0 unspecified atom stereocenters. The van der Waals surface area contributed by atoms with Gasteiger partial charge < -0.3 is 4.42 Å². The zero-order valence-corrected chi connectivity index (χ0v) is 17.1. The minimum absolute atomic E-state index is 0.174. The molecule has 1 amide bonds. The van der Waals surface area contributed by atoms with Crippen molar-refractivity contribution in [2.75, 3.05) is 0 Å². The van der Waals surface area contributed by atoms with Gasteiger partial charge >= 0.3 is 5.91 Å². The van der Waals surface area contributed by atoms with E-state index in [1.54, 1.807) is 23.0 Å². The number of furan rings is 1. The highest BCUT2D eigenvalue weighted by Crippen LogP contribution is 2.23. The number of rotatable bonds is 5. The third-order valence-corrected chi connectivity index (χ3v) is 4.65. The maximum Gasteiger partial charge on any atom is 0.307 e. The molecule has 1 N–H and O–H groups in total. The Morgan fingerprint density at radius 3 is 2.69 bits per heavy atom. The number of carbonyl (C=O) groups is 1. The summed E-state index contributed by atoms with van der Waals surface area (Å²) in [5, 5.41) is 8.83. The van der Waals surface area contributed by atoms with Gasteiger partial charge in [0.1, 0.15) is 5.69 Å². The van der Waals surface area contributed by atoms with Gasteiger partial charge in [0.2, 0.25) is 0 Å². The molecule has 0 radical (unpaired) electrons. The molecule has 0 spiro atoms. The van der Waals surface area contributed by atoms with Crippen molar-refractivity contribution >= 4 is 28.1 Å². The monoisotopic (exact) mass is 448 g/mol. The average molecular weight is 449 g/mol. The molecular formula is C22H17BrN4O2. The van der Waals surface area contributed by atoms with E-state index in [2.05, 4.69) is 32.5 Å². The Balaban J connectivity index is 1.65. The smallest absolute Gasteiger partial charge is 0.307 e. The normalized spacial score (nSPS) is 11.1. The van der Waals surface area contributed by atoms with E-state index in [1.807, 2.05) is 61.7 Å². The summed E-state index contributed by atoms with van der Waals surface area (Å²) in [5.74, 6) is -0.257. The second-order valence-electron chi connectivity index (χ2n) is 6.39. The topological polar surface area (TPSA) is 72.4 Å². The van der Waals surface area contributed by atoms with E-state index in [9.17, 15) is 4.79 Å². The molecule has 0 bridgehead atoms. The lowest BCUT2D eigenvalue weighted by Gasteiger charge is -2.01. The van der Waals surface area contributed by atoms with Crippen LogP contribution in [0.1, 0.15) is 21.7 Å². The standard InChI is InChI=1S/C22H17BrN4O2/c1-15-6-5-7-16(12-15)21-17(14-27(26-21)18-8-3-2-4-9-18)13-24-25-22(28)19-10-11-20(23)29-19/h2-14H,1H3,(H,25,28)/b24-13-. The minimum Gasteiger partial charge on any atom is -0.444 e. The first-order chi connectivity index (χ1) is 14.1. The van der Waals surface area contributed by atoms with Crippen LogP contribution in [0.2, 0.25) is 0 Å². The van der Waals surface area contributed by atoms with E-state index in [4.69, 9.17) is 9.52 Å². The van der Waals surface area contributed by atoms with Crippen LogP contribution >= 0.6 is 15.9 Å². The van der Waals surface area contributed by atoms with Crippen molar-refractivity contribution in [1.29, 1.82) is 0 Å². The van der Waals surface area contributed by atoms with Crippen LogP contribution in [0.25, 0.3) is 16.9 Å². The number of hydrazone groups is 1. The zero-order valence-electron chi connectivity index (χ0n) is 15.5. The number of aryl methyl sites for hydroxylation is 1. The average Bonchev–Trinajstić information content (AvgIpc) is 3.35. The highest BCUT2D eigenvalue weighted by atomic mass is 79.9. The molecule has 2 aromatic heterocycles. The first-order valence-corrected chi connectivity index (χ1v) is 9.70. The molecule has 6 nitrogen and oxygen atoms in total. The number of aromatic nitrogens is 2. The first-order valence-electron chi connectivity index (χ1n) is 8.91. The van der Waals surface area contributed by atoms with Crippen LogP contribution < -0.4 is 5.43 Å². The Bertz CT molecular complexity index is 1180. The summed E-state index contributed by atoms with van der Waals surface area (Å²) >= 11 is 3.18. The lowest BCUT2D eigenvalue weighted by Crippen LogP contribution is -2.16. The number of nitrogens with one attached hydrogen (secondary N) is 1. The third kappa shape index (κ3) is 4.35. The molecule has 0 aliphatic rings. The van der Waals surface area contributed by atoms with Crippen molar-refractivity contribution in [3.63, 3.8) is 0 Å². The molecule has 0 atom stereocenters. The second-order valence-corrected chi connectivity index (χ2v) is 7.17. The molecular weight excluding hydrogens is 432 g/mol. The van der Waals surface area contributed by atoms with Crippen molar-refractivity contribution in [3.05, 3.63) is 94.5 Å². The number of nitrogens with zero attached hydrogens (tertiary/aromatic N) is 3. The van der Waals surface area contributed by atoms with Gasteiger partial charge in [-0.05, 0) is 53.2 Å². The number of hydrogen-bond acceptors (Lipinski definition) is 4. The van der Waals surface area contributed by atoms with Gasteiger partial charge in [0.05, 0.1) is 11.9 Å². The predicted molar refractivity (Wildman–Crippen MR) is 115 cm³/mol. The fourth-order valence-corrected chi connectivity index (χ4v) is 3.17. The Labute approximate surface area is 176 Å². The Hall–Kier alpha value is -3.45. The number of halogens is 1. The summed E-state index contributed by atoms with van der Waals surface area (Å²) in [6.45, 7) is 2.03. The molecule has 144 valence electrons. The van der Waals surface area contributed by atoms with Crippen LogP contribution in [-0.2, 0) is 0 Å². The molecule has 0 fully saturated rings. The maximum absolute atomic E-state index is 12.1. The van der Waals surface area contributed by atoms with Crippen LogP contribution in [0, 0.1) is 6.92 Å². The van der Waals surface area contributed by atoms with Crippen LogP contribution in [-0.4, -0.2) is 21.9 Å². The molecule has 4 aromatic rings. The predicted octanol–water partition coefficient (Wildman–Crippen LogP) is 4.97. The highest BCUT2D eigenvalue weighted by Gasteiger charge is 2.12. The summed E-state index contributed by atoms with van der Waals surface area (Å²) in [5.41, 5.74) is 7.08. The molecule has 7 heteroatoms. The second kappa shape index (κ2) is 8.28. The van der Waals surface area contributed by atoms with Crippen molar-refractivity contribution in [2.24, 2.45) is 5.10 Å². The van der Waals surface area contributed by atoms with Crippen LogP contribution in [0.4, 0.5) is 0 Å². The number of carbonyl (C=O) groups excluding carboxylic acids is 1. The van der Waals surface area contributed by atoms with E-state index < -0.39 is 5.91 Å². The Kier molecular flexibility index (Phi) is 5.39. The van der Waals surface area contributed by atoms with Gasteiger partial charge in [0.15, 0.2) is 10.4 Å². The van der Waals surface area contributed by atoms with Crippen LogP contribution in [0.15, 0.2) is 87.1 Å². The molecule has 0 aliphatic heterocycles. The summed E-state index contributed by atoms with van der Waals surface area (Å²) in [6, 6.07) is 21.1. The lowest BCUT2D eigenvalue weighted by atomic mass is 10.1. The van der Waals surface area contributed by atoms with E-state index >= 15 is 0 Å². The number of para-hydroxylation sites is 1. The van der Waals surface area contributed by atoms with Gasteiger partial charge in [0.25, 0.3) is 0 Å². The Morgan fingerprint density at radius 2 is 1.97 bits per heavy atom. The van der Waals surface area contributed by atoms with Crippen molar-refractivity contribution in [3.8, 4) is 16.9 Å². The molecule has 4 rings (SSSR count). The quantitative estimate of drug-likeness (QED) is 0.346. The van der Waals surface area contributed by atoms with Gasteiger partial charge in [-0.3, -0.25) is 4.79 Å². The highest BCUT2D eigenvalue weighted by molar-refractivity contribution is 9.10. The number of hydrogen-bond donors (Lipinski definition) is 1. The van der Waals surface area contributed by atoms with Gasteiger partial charge in [-0.2, -0.15) is 10.2 Å². The molecule has 2 aromatic carbocycles. The van der Waals surface area contributed by atoms with Crippen molar-refractivity contribution < 1.29 is 9.21 Å². The van der Waals surface area contributed by atoms with Gasteiger partial charge in [-0.1, -0.05) is 42.0 Å². The van der Waals surface area contributed by atoms with E-state index in [1.165, 1.54) is 0 Å². The maximum atomic E-state index is 12.1. The zero-order chi connectivity index (χ0) is 20.2. The van der Waals surface area contributed by atoms with Crippen LogP contribution in [0.3, 0.4) is 0 Å². The summed E-state index contributed by atoms with van der Waals surface area (Å²) in [7, 11) is 0. The molecule has 0 saturated heterocycles. The first kappa shape index (κ1) is 18.9. The van der Waals surface area contributed by atoms with E-state index in [-0.39, 0.29) is 5.76 Å². The van der Waals surface area contributed by atoms with E-state index in [0.717, 1.165) is 28.1 Å². The number of benzene rings is 2. The van der Waals surface area contributed by atoms with Crippen molar-refractivity contribution in [2.45, 2.75) is 6.92 Å². The lowest BCUT2D eigenvalue weighted by molar-refractivity contribution is 0.0926. The molecule has 2 heterocycles. The molecule has 0 saturated carbocycles. The van der Waals surface area contributed by atoms with Gasteiger partial charge in [-0.15, -0.1) is 0 Å². The van der Waals surface area contributed by atoms with Crippen LogP contribution in [0.5, 0.6) is 0 Å². The summed E-state index contributed by atoms with van der Waals surface area (Å²) in [6.07, 6.45) is 3.46. The largest absolute Gasteiger partial charge is 0.444 e. The van der Waals surface area contributed by atoms with E-state index in [0.29, 0.717) is 4.67 Å². The molecule has 0 aliphatic carbocycles. The summed E-state index contributed by atoms with van der Waals surface area (Å²) in [4.78, 5) is 12.1. The summed E-state index contributed by atoms with van der Waals surface area (Å²) < 4.78 is 7.51. The van der Waals surface area contributed by atoms with Gasteiger partial charge in [-0.25, -0.2) is 10.1 Å². The fourth-order valence-electron chi connectivity index (χ4n) is 2.86. The minimum atomic E-state index is -0.431. The van der Waals surface area contributed by atoms with Gasteiger partial charge in [0, 0.05) is 17.3 Å². The van der Waals surface area contributed by atoms with Crippen molar-refractivity contribution in [1.82, 2.24) is 15.2 Å². The SMILES string of the molecule is Cc1cccc(-c2nn(-c3ccccc3)cc2/C=N\NC(=O)c2ccc(Br)o2)c1. The third-order valence-electron chi connectivity index (χ3n) is 4.22. The Morgan fingerprint density at radius 1 is 1.14 bits per heavy atom. The molecule has 29 heavy (non-hydrogen) atoms. The fraction of sp³-hybridized carbons (Fsp3) is 0.0455. The number of amides is 1.